The molecule has 0 aromatic heterocycles. The number of hydrogen-bond acceptors (Lipinski definition) is 3. The number of likely N-dealkylation sites (tertiary alicyclic amines) is 1. The Kier molecular flexibility index (Phi) is 6.86. The number of methoxy groups -OCH3 is 1. The Morgan fingerprint density at radius 2 is 2.25 bits per heavy atom. The Hall–Kier alpha value is -1.34. The van der Waals surface area contributed by atoms with Crippen molar-refractivity contribution >= 4 is 5.91 Å². The van der Waals surface area contributed by atoms with E-state index in [0.717, 1.165) is 25.8 Å². The lowest BCUT2D eigenvalue weighted by Crippen LogP contribution is -2.39. The maximum Gasteiger partial charge on any atom is 0.223 e. The molecule has 0 bridgehead atoms. The summed E-state index contributed by atoms with van der Waals surface area (Å²) in [6.07, 6.45) is 6.62. The number of carbonyl (C=O) groups is 1. The number of rotatable bonds is 6. The predicted octanol–water partition coefficient (Wildman–Crippen LogP) is 3.78. The van der Waals surface area contributed by atoms with Gasteiger partial charge >= 0.3 is 0 Å². The van der Waals surface area contributed by atoms with E-state index in [9.17, 15) is 4.79 Å². The average molecular weight is 332 g/mol. The third kappa shape index (κ3) is 4.39. The first-order valence-electron chi connectivity index (χ1n) is 9.31. The van der Waals surface area contributed by atoms with E-state index in [0.29, 0.717) is 43.1 Å². The molecule has 24 heavy (non-hydrogen) atoms. The van der Waals surface area contributed by atoms with Crippen molar-refractivity contribution in [3.05, 3.63) is 11.6 Å². The van der Waals surface area contributed by atoms with Crippen LogP contribution in [0.3, 0.4) is 0 Å². The van der Waals surface area contributed by atoms with Crippen molar-refractivity contribution in [2.45, 2.75) is 58.9 Å². The molecule has 0 aromatic rings. The van der Waals surface area contributed by atoms with Crippen LogP contribution in [0.4, 0.5) is 0 Å². The Bertz CT molecular complexity index is 506. The zero-order valence-electron chi connectivity index (χ0n) is 15.6. The Labute approximate surface area is 146 Å². The fourth-order valence-electron chi connectivity index (χ4n) is 4.47. The monoisotopic (exact) mass is 332 g/mol. The highest BCUT2D eigenvalue weighted by Crippen LogP contribution is 2.40. The van der Waals surface area contributed by atoms with Gasteiger partial charge in [0, 0.05) is 26.5 Å². The fourth-order valence-corrected chi connectivity index (χ4v) is 4.47. The molecule has 1 aliphatic heterocycles. The van der Waals surface area contributed by atoms with E-state index in [2.05, 4.69) is 32.9 Å². The van der Waals surface area contributed by atoms with Gasteiger partial charge in [0.15, 0.2) is 0 Å². The maximum absolute atomic E-state index is 12.8. The van der Waals surface area contributed by atoms with Gasteiger partial charge in [-0.3, -0.25) is 4.79 Å². The zero-order valence-corrected chi connectivity index (χ0v) is 15.6. The lowest BCUT2D eigenvalue weighted by atomic mass is 9.69. The normalized spacial score (nSPS) is 30.3. The van der Waals surface area contributed by atoms with Crippen LogP contribution < -0.4 is 0 Å². The van der Waals surface area contributed by atoms with Gasteiger partial charge in [-0.1, -0.05) is 25.5 Å². The van der Waals surface area contributed by atoms with Gasteiger partial charge in [-0.25, -0.2) is 0 Å². The van der Waals surface area contributed by atoms with Crippen LogP contribution in [0.15, 0.2) is 11.6 Å². The van der Waals surface area contributed by atoms with Crippen LogP contribution in [0.5, 0.6) is 0 Å². The van der Waals surface area contributed by atoms with Crippen molar-refractivity contribution in [3.63, 3.8) is 0 Å². The minimum atomic E-state index is 0.252. The van der Waals surface area contributed by atoms with E-state index in [-0.39, 0.29) is 11.9 Å². The first-order chi connectivity index (χ1) is 11.5. The number of nitrogens with zero attached hydrogens (tertiary/aromatic N) is 2. The van der Waals surface area contributed by atoms with Crippen molar-refractivity contribution in [3.8, 4) is 6.07 Å². The van der Waals surface area contributed by atoms with Crippen LogP contribution in [0.1, 0.15) is 52.9 Å². The third-order valence-electron chi connectivity index (χ3n) is 5.89. The number of ether oxygens (including phenoxy) is 1. The van der Waals surface area contributed by atoms with Gasteiger partial charge < -0.3 is 9.64 Å². The van der Waals surface area contributed by atoms with E-state index < -0.39 is 0 Å². The minimum Gasteiger partial charge on any atom is -0.383 e. The summed E-state index contributed by atoms with van der Waals surface area (Å²) in [5, 5.41) is 9.09. The summed E-state index contributed by atoms with van der Waals surface area (Å²) in [7, 11) is 1.71. The summed E-state index contributed by atoms with van der Waals surface area (Å²) < 4.78 is 5.27. The molecule has 0 radical (unpaired) electrons. The van der Waals surface area contributed by atoms with Crippen molar-refractivity contribution < 1.29 is 9.53 Å². The average Bonchev–Trinajstić information content (AvgIpc) is 2.98. The molecular weight excluding hydrogens is 300 g/mol. The van der Waals surface area contributed by atoms with Crippen LogP contribution in [0.2, 0.25) is 0 Å². The lowest BCUT2D eigenvalue weighted by Gasteiger charge is -2.37. The zero-order chi connectivity index (χ0) is 17.7. The molecule has 4 heteroatoms. The number of nitriles is 1. The van der Waals surface area contributed by atoms with Gasteiger partial charge in [-0.15, -0.1) is 0 Å². The Morgan fingerprint density at radius 3 is 2.88 bits per heavy atom. The SMILES string of the molecule is COC[C@H]1CCCN1C(=O)C[C@@H]1C[C@@H](C(C)C)[C@H](CC#N)C=C1C. The first kappa shape index (κ1) is 19.0. The molecule has 1 aliphatic carbocycles. The third-order valence-corrected chi connectivity index (χ3v) is 5.89. The van der Waals surface area contributed by atoms with Gasteiger partial charge in [0.25, 0.3) is 0 Å². The number of hydrogen-bond donors (Lipinski definition) is 0. The molecule has 0 N–H and O–H groups in total. The highest BCUT2D eigenvalue weighted by molar-refractivity contribution is 5.77. The minimum absolute atomic E-state index is 0.252. The Morgan fingerprint density at radius 1 is 1.50 bits per heavy atom. The largest absolute Gasteiger partial charge is 0.383 e. The molecule has 0 unspecified atom stereocenters. The smallest absolute Gasteiger partial charge is 0.223 e. The molecule has 4 nitrogen and oxygen atoms in total. The van der Waals surface area contributed by atoms with Gasteiger partial charge in [-0.05, 0) is 49.9 Å². The molecule has 1 amide bonds. The van der Waals surface area contributed by atoms with Crippen LogP contribution in [-0.2, 0) is 9.53 Å². The second kappa shape index (κ2) is 8.67. The molecule has 2 aliphatic rings. The van der Waals surface area contributed by atoms with E-state index in [1.54, 1.807) is 7.11 Å². The fraction of sp³-hybridized carbons (Fsp3) is 0.800. The van der Waals surface area contributed by atoms with Crippen molar-refractivity contribution in [1.82, 2.24) is 4.90 Å². The summed E-state index contributed by atoms with van der Waals surface area (Å²) >= 11 is 0. The second-order valence-corrected chi connectivity index (χ2v) is 7.82. The molecule has 1 saturated heterocycles. The van der Waals surface area contributed by atoms with Gasteiger partial charge in [0.2, 0.25) is 5.91 Å². The van der Waals surface area contributed by atoms with Gasteiger partial charge in [0.05, 0.1) is 18.7 Å². The number of carbonyl (C=O) groups excluding carboxylic acids is 1. The molecule has 1 fully saturated rings. The summed E-state index contributed by atoms with van der Waals surface area (Å²) in [5.74, 6) is 1.98. The molecule has 0 saturated carbocycles. The maximum atomic E-state index is 12.8. The quantitative estimate of drug-likeness (QED) is 0.696. The van der Waals surface area contributed by atoms with Crippen LogP contribution >= 0.6 is 0 Å². The molecule has 134 valence electrons. The highest BCUT2D eigenvalue weighted by atomic mass is 16.5. The van der Waals surface area contributed by atoms with Crippen LogP contribution in [0, 0.1) is 35.0 Å². The molecular formula is C20H32N2O2. The van der Waals surface area contributed by atoms with E-state index in [4.69, 9.17) is 10.00 Å². The van der Waals surface area contributed by atoms with Crippen molar-refractivity contribution in [2.75, 3.05) is 20.3 Å². The second-order valence-electron chi connectivity index (χ2n) is 7.82. The van der Waals surface area contributed by atoms with E-state index >= 15 is 0 Å². The summed E-state index contributed by atoms with van der Waals surface area (Å²) in [6.45, 7) is 8.11. The Balaban J connectivity index is 2.04. The molecule has 2 rings (SSSR count). The van der Waals surface area contributed by atoms with Crippen molar-refractivity contribution in [1.29, 1.82) is 5.26 Å². The predicted molar refractivity (Wildman–Crippen MR) is 95.1 cm³/mol. The molecule has 1 heterocycles. The number of allylic oxidation sites excluding steroid dienone is 2. The van der Waals surface area contributed by atoms with Gasteiger partial charge in [-0.2, -0.15) is 5.26 Å². The van der Waals surface area contributed by atoms with Gasteiger partial charge in [0.1, 0.15) is 0 Å². The number of amides is 1. The van der Waals surface area contributed by atoms with Crippen molar-refractivity contribution in [2.24, 2.45) is 23.7 Å². The summed E-state index contributed by atoms with van der Waals surface area (Å²) in [5.41, 5.74) is 1.29. The summed E-state index contributed by atoms with van der Waals surface area (Å²) in [6, 6.07) is 2.58. The first-order valence-corrected chi connectivity index (χ1v) is 9.31. The van der Waals surface area contributed by atoms with Crippen LogP contribution in [0.25, 0.3) is 0 Å². The van der Waals surface area contributed by atoms with E-state index in [1.807, 2.05) is 4.90 Å². The standard InChI is InChI=1S/C20H32N2O2/c1-14(2)19-11-17(15(3)10-16(19)7-8-21)12-20(23)22-9-5-6-18(22)13-24-4/h10,14,16-19H,5-7,9,11-13H2,1-4H3/t16-,17+,18-,19+/m1/s1. The topological polar surface area (TPSA) is 53.3 Å². The van der Waals surface area contributed by atoms with E-state index in [1.165, 1.54) is 5.57 Å². The molecule has 4 atom stereocenters. The summed E-state index contributed by atoms with van der Waals surface area (Å²) in [4.78, 5) is 14.8. The highest BCUT2D eigenvalue weighted by Gasteiger charge is 2.35. The molecule has 0 aromatic carbocycles. The lowest BCUT2D eigenvalue weighted by molar-refractivity contribution is -0.133. The van der Waals surface area contributed by atoms with Crippen LogP contribution in [-0.4, -0.2) is 37.1 Å². The molecule has 0 spiro atoms.